The van der Waals surface area contributed by atoms with E-state index in [0.717, 1.165) is 12.1 Å². The second-order valence-corrected chi connectivity index (χ2v) is 6.57. The molecule has 3 aromatic rings. The van der Waals surface area contributed by atoms with Crippen LogP contribution in [0.4, 0.5) is 23.0 Å². The second-order valence-electron chi connectivity index (χ2n) is 5.72. The normalized spacial score (nSPS) is 10.3. The molecule has 0 radical (unpaired) electrons. The number of anilines is 4. The van der Waals surface area contributed by atoms with E-state index in [1.807, 2.05) is 30.3 Å². The van der Waals surface area contributed by atoms with Crippen molar-refractivity contribution < 1.29 is 4.79 Å². The average Bonchev–Trinajstić information content (AvgIpc) is 2.69. The number of carbonyl (C=O) groups is 1. The molecule has 0 aliphatic heterocycles. The first kappa shape index (κ1) is 18.7. The summed E-state index contributed by atoms with van der Waals surface area (Å²) >= 11 is 3.35. The van der Waals surface area contributed by atoms with Crippen molar-refractivity contribution in [2.75, 3.05) is 16.5 Å². The highest BCUT2D eigenvalue weighted by Gasteiger charge is 2.12. The molecule has 1 aromatic heterocycles. The van der Waals surface area contributed by atoms with Gasteiger partial charge in [0.25, 0.3) is 5.91 Å². The van der Waals surface area contributed by atoms with Crippen LogP contribution in [0.5, 0.6) is 0 Å². The van der Waals surface area contributed by atoms with Crippen LogP contribution in [0.2, 0.25) is 0 Å². The molecule has 7 nitrogen and oxygen atoms in total. The number of nitrogen functional groups attached to an aromatic ring is 1. The monoisotopic (exact) mass is 426 g/mol. The van der Waals surface area contributed by atoms with Crippen LogP contribution in [0.25, 0.3) is 0 Å². The molecule has 1 amide bonds. The van der Waals surface area contributed by atoms with Gasteiger partial charge < -0.3 is 11.1 Å². The summed E-state index contributed by atoms with van der Waals surface area (Å²) in [5.74, 6) is 0.440. The molecular formula is C19H19BrN6O. The van der Waals surface area contributed by atoms with Gasteiger partial charge in [0.1, 0.15) is 12.0 Å². The number of carbonyl (C=O) groups excluding carboxylic acids is 1. The molecule has 0 aliphatic rings. The molecule has 5 N–H and O–H groups in total. The van der Waals surface area contributed by atoms with Crippen molar-refractivity contribution in [3.63, 3.8) is 0 Å². The third kappa shape index (κ3) is 4.53. The van der Waals surface area contributed by atoms with E-state index in [0.29, 0.717) is 27.4 Å². The maximum Gasteiger partial charge on any atom is 0.270 e. The Morgan fingerprint density at radius 1 is 1.07 bits per heavy atom. The predicted molar refractivity (Wildman–Crippen MR) is 111 cm³/mol. The van der Waals surface area contributed by atoms with Crippen LogP contribution in [0.3, 0.4) is 0 Å². The Morgan fingerprint density at radius 2 is 1.78 bits per heavy atom. The van der Waals surface area contributed by atoms with Crippen LogP contribution in [0, 0.1) is 0 Å². The second kappa shape index (κ2) is 8.50. The molecule has 8 heteroatoms. The molecule has 1 heterocycles. The highest BCUT2D eigenvalue weighted by Crippen LogP contribution is 2.25. The van der Waals surface area contributed by atoms with Gasteiger partial charge in [-0.05, 0) is 52.2 Å². The summed E-state index contributed by atoms with van der Waals surface area (Å²) in [4.78, 5) is 20.5. The van der Waals surface area contributed by atoms with E-state index in [-0.39, 0.29) is 5.91 Å². The van der Waals surface area contributed by atoms with Crippen molar-refractivity contribution in [1.82, 2.24) is 15.4 Å². The highest BCUT2D eigenvalue weighted by molar-refractivity contribution is 9.10. The zero-order chi connectivity index (χ0) is 19.2. The summed E-state index contributed by atoms with van der Waals surface area (Å²) in [6.07, 6.45) is 2.34. The van der Waals surface area contributed by atoms with Crippen LogP contribution >= 0.6 is 15.9 Å². The summed E-state index contributed by atoms with van der Waals surface area (Å²) in [5.41, 5.74) is 14.4. The Labute approximate surface area is 165 Å². The van der Waals surface area contributed by atoms with E-state index >= 15 is 0 Å². The highest BCUT2D eigenvalue weighted by atomic mass is 79.9. The number of amides is 1. The summed E-state index contributed by atoms with van der Waals surface area (Å²) in [5, 5.41) is 3.16. The summed E-state index contributed by atoms with van der Waals surface area (Å²) in [6.45, 7) is 2.10. The van der Waals surface area contributed by atoms with Crippen molar-refractivity contribution in [2.24, 2.45) is 0 Å². The van der Waals surface area contributed by atoms with Gasteiger partial charge in [0.2, 0.25) is 0 Å². The van der Waals surface area contributed by atoms with E-state index in [1.54, 1.807) is 18.2 Å². The number of halogens is 1. The zero-order valence-corrected chi connectivity index (χ0v) is 16.2. The van der Waals surface area contributed by atoms with Crippen LogP contribution in [-0.2, 0) is 6.42 Å². The van der Waals surface area contributed by atoms with Crippen LogP contribution in [-0.4, -0.2) is 15.9 Å². The molecule has 138 valence electrons. The summed E-state index contributed by atoms with van der Waals surface area (Å²) < 4.78 is 0.692. The Bertz CT molecular complexity index is 945. The third-order valence-corrected chi connectivity index (χ3v) is 4.61. The number of hydrazine groups is 1. The Morgan fingerprint density at radius 3 is 2.48 bits per heavy atom. The number of nitrogens with two attached hydrogens (primary N) is 1. The third-order valence-electron chi connectivity index (χ3n) is 3.92. The van der Waals surface area contributed by atoms with E-state index in [9.17, 15) is 4.79 Å². The topological polar surface area (TPSA) is 105 Å². The molecule has 0 spiro atoms. The van der Waals surface area contributed by atoms with Crippen molar-refractivity contribution >= 4 is 44.8 Å². The average molecular weight is 427 g/mol. The van der Waals surface area contributed by atoms with Crippen LogP contribution < -0.4 is 21.9 Å². The van der Waals surface area contributed by atoms with Crippen molar-refractivity contribution in [1.29, 1.82) is 0 Å². The van der Waals surface area contributed by atoms with Gasteiger partial charge in [-0.3, -0.25) is 15.6 Å². The minimum Gasteiger partial charge on any atom is -0.393 e. The van der Waals surface area contributed by atoms with Crippen molar-refractivity contribution in [3.05, 3.63) is 70.5 Å². The number of hydrogen-bond donors (Lipinski definition) is 4. The minimum atomic E-state index is -0.315. The lowest BCUT2D eigenvalue weighted by Crippen LogP contribution is -2.30. The maximum atomic E-state index is 12.3. The summed E-state index contributed by atoms with van der Waals surface area (Å²) in [6, 6.07) is 15.1. The van der Waals surface area contributed by atoms with E-state index in [4.69, 9.17) is 5.73 Å². The van der Waals surface area contributed by atoms with Crippen molar-refractivity contribution in [3.8, 4) is 0 Å². The van der Waals surface area contributed by atoms with Gasteiger partial charge in [-0.25, -0.2) is 9.97 Å². The standard InChI is InChI=1S/C19H19BrN6O/c1-2-12-7-9-13(10-8-12)24-17-16(21)18(23-11-22-17)25-26-19(27)14-5-3-4-6-15(14)20/h3-11H,2,21H2,1H3,(H,26,27)(H2,22,23,24,25). The number of nitrogens with zero attached hydrogens (tertiary/aromatic N) is 2. The minimum absolute atomic E-state index is 0.296. The van der Waals surface area contributed by atoms with Gasteiger partial charge >= 0.3 is 0 Å². The van der Waals surface area contributed by atoms with Gasteiger partial charge in [0.05, 0.1) is 5.56 Å². The molecule has 0 unspecified atom stereocenters. The maximum absolute atomic E-state index is 12.3. The number of nitrogens with one attached hydrogen (secondary N) is 3. The Hall–Kier alpha value is -3.13. The van der Waals surface area contributed by atoms with E-state index < -0.39 is 0 Å². The van der Waals surface area contributed by atoms with Crippen molar-refractivity contribution in [2.45, 2.75) is 13.3 Å². The molecule has 0 saturated heterocycles. The predicted octanol–water partition coefficient (Wildman–Crippen LogP) is 3.88. The molecule has 0 atom stereocenters. The van der Waals surface area contributed by atoms with Gasteiger partial charge in [0, 0.05) is 10.2 Å². The Balaban J connectivity index is 1.71. The van der Waals surface area contributed by atoms with Gasteiger partial charge in [-0.15, -0.1) is 0 Å². The molecule has 0 bridgehead atoms. The van der Waals surface area contributed by atoms with Gasteiger partial charge in [-0.2, -0.15) is 0 Å². The molecule has 0 aliphatic carbocycles. The lowest BCUT2D eigenvalue weighted by Gasteiger charge is -2.13. The van der Waals surface area contributed by atoms with E-state index in [2.05, 4.69) is 49.0 Å². The number of hydrogen-bond acceptors (Lipinski definition) is 6. The SMILES string of the molecule is CCc1ccc(Nc2ncnc(NNC(=O)c3ccccc3Br)c2N)cc1. The fourth-order valence-corrected chi connectivity index (χ4v) is 2.85. The van der Waals surface area contributed by atoms with Crippen LogP contribution in [0.1, 0.15) is 22.8 Å². The summed E-state index contributed by atoms with van der Waals surface area (Å²) in [7, 11) is 0. The first-order chi connectivity index (χ1) is 13.1. The molecule has 0 saturated carbocycles. The Kier molecular flexibility index (Phi) is 5.87. The molecular weight excluding hydrogens is 408 g/mol. The zero-order valence-electron chi connectivity index (χ0n) is 14.7. The number of aromatic nitrogens is 2. The smallest absolute Gasteiger partial charge is 0.270 e. The first-order valence-electron chi connectivity index (χ1n) is 8.35. The lowest BCUT2D eigenvalue weighted by molar-refractivity contribution is 0.0961. The number of aryl methyl sites for hydroxylation is 1. The number of benzene rings is 2. The molecule has 27 heavy (non-hydrogen) atoms. The molecule has 2 aromatic carbocycles. The largest absolute Gasteiger partial charge is 0.393 e. The van der Waals surface area contributed by atoms with E-state index in [1.165, 1.54) is 11.9 Å². The van der Waals surface area contributed by atoms with Gasteiger partial charge in [0.15, 0.2) is 11.6 Å². The number of rotatable bonds is 6. The fraction of sp³-hybridized carbons (Fsp3) is 0.105. The fourth-order valence-electron chi connectivity index (χ4n) is 2.38. The van der Waals surface area contributed by atoms with Crippen LogP contribution in [0.15, 0.2) is 59.3 Å². The molecule has 0 fully saturated rings. The lowest BCUT2D eigenvalue weighted by atomic mass is 10.1. The quantitative estimate of drug-likeness (QED) is 0.445. The van der Waals surface area contributed by atoms with Gasteiger partial charge in [-0.1, -0.05) is 31.2 Å². The molecule has 3 rings (SSSR count). The first-order valence-corrected chi connectivity index (χ1v) is 9.15.